The average molecular weight is 508 g/mol. The first kappa shape index (κ1) is 24.8. The van der Waals surface area contributed by atoms with Crippen molar-refractivity contribution in [1.29, 1.82) is 0 Å². The van der Waals surface area contributed by atoms with Gasteiger partial charge in [-0.3, -0.25) is 14.6 Å². The molecule has 0 radical (unpaired) electrons. The number of halogens is 6. The van der Waals surface area contributed by atoms with Gasteiger partial charge in [-0.1, -0.05) is 12.1 Å². The van der Waals surface area contributed by atoms with Gasteiger partial charge < -0.3 is 11.1 Å². The molecule has 34 heavy (non-hydrogen) atoms. The topological polar surface area (TPSA) is 143 Å². The molecule has 0 unspecified atom stereocenters. The summed E-state index contributed by atoms with van der Waals surface area (Å²) < 4.78 is 100. The van der Waals surface area contributed by atoms with E-state index in [1.807, 2.05) is 0 Å². The molecule has 3 rings (SSSR count). The summed E-state index contributed by atoms with van der Waals surface area (Å²) in [6.45, 7) is 0. The first-order chi connectivity index (χ1) is 15.6. The maximum absolute atomic E-state index is 12.7. The van der Waals surface area contributed by atoms with Crippen LogP contribution in [0.2, 0.25) is 0 Å². The smallest absolute Gasteiger partial charge is 0.365 e. The van der Waals surface area contributed by atoms with Crippen LogP contribution in [-0.2, 0) is 16.2 Å². The minimum absolute atomic E-state index is 0.00777. The van der Waals surface area contributed by atoms with Crippen molar-refractivity contribution >= 4 is 33.3 Å². The lowest BCUT2D eigenvalue weighted by Crippen LogP contribution is -2.27. The number of alkyl halides is 6. The van der Waals surface area contributed by atoms with Crippen molar-refractivity contribution in [1.82, 2.24) is 15.2 Å². The van der Waals surface area contributed by atoms with Crippen molar-refractivity contribution in [2.45, 2.75) is 12.4 Å². The van der Waals surface area contributed by atoms with Gasteiger partial charge in [-0.25, -0.2) is 13.4 Å². The molecule has 1 amide bonds. The van der Waals surface area contributed by atoms with Gasteiger partial charge >= 0.3 is 12.4 Å². The number of nitrogens with two attached hydrogens (primary N) is 1. The van der Waals surface area contributed by atoms with Gasteiger partial charge in [-0.2, -0.15) is 31.4 Å². The number of aromatic amines is 1. The molecule has 0 saturated heterocycles. The molecule has 5 N–H and O–H groups in total. The molecule has 0 aliphatic rings. The number of rotatable bonds is 7. The van der Waals surface area contributed by atoms with E-state index < -0.39 is 39.6 Å². The van der Waals surface area contributed by atoms with Gasteiger partial charge in [0, 0.05) is 17.4 Å². The molecule has 16 heteroatoms. The summed E-state index contributed by atoms with van der Waals surface area (Å²) >= 11 is 0. The maximum atomic E-state index is 12.7. The van der Waals surface area contributed by atoms with Crippen molar-refractivity contribution < 1.29 is 39.6 Å². The lowest BCUT2D eigenvalue weighted by atomic mass is 10.1. The molecule has 2 aromatic heterocycles. The second-order valence-electron chi connectivity index (χ2n) is 6.80. The molecule has 0 atom stereocenters. The van der Waals surface area contributed by atoms with Gasteiger partial charge in [0.1, 0.15) is 22.9 Å². The van der Waals surface area contributed by atoms with E-state index in [1.54, 1.807) is 4.72 Å². The highest BCUT2D eigenvalue weighted by Crippen LogP contribution is 2.31. The van der Waals surface area contributed by atoms with Crippen molar-refractivity contribution in [2.75, 3.05) is 15.8 Å². The fraction of sp³-hybridized carbons (Fsp3) is 0.167. The van der Waals surface area contributed by atoms with Gasteiger partial charge in [0.25, 0.3) is 5.91 Å². The van der Waals surface area contributed by atoms with Crippen molar-refractivity contribution in [2.24, 2.45) is 5.73 Å². The van der Waals surface area contributed by atoms with E-state index in [9.17, 15) is 39.6 Å². The van der Waals surface area contributed by atoms with Crippen LogP contribution in [-0.4, -0.2) is 41.4 Å². The number of sulfonamides is 1. The third-order valence-corrected chi connectivity index (χ3v) is 5.40. The van der Waals surface area contributed by atoms with Crippen molar-refractivity contribution in [3.63, 3.8) is 0 Å². The molecule has 0 bridgehead atoms. The third-order valence-electron chi connectivity index (χ3n) is 4.14. The van der Waals surface area contributed by atoms with E-state index >= 15 is 0 Å². The van der Waals surface area contributed by atoms with Crippen LogP contribution in [0.4, 0.5) is 43.7 Å². The van der Waals surface area contributed by atoms with Gasteiger partial charge in [-0.05, 0) is 24.3 Å². The molecule has 1 aromatic carbocycles. The van der Waals surface area contributed by atoms with Crippen LogP contribution in [0.1, 0.15) is 15.9 Å². The molecule has 0 fully saturated rings. The third kappa shape index (κ3) is 6.15. The Hall–Kier alpha value is -3.82. The number of anilines is 3. The lowest BCUT2D eigenvalue weighted by molar-refractivity contribution is -0.137. The average Bonchev–Trinajstić information content (AvgIpc) is 3.10. The van der Waals surface area contributed by atoms with Crippen LogP contribution >= 0.6 is 0 Å². The van der Waals surface area contributed by atoms with Crippen LogP contribution in [0, 0.1) is 0 Å². The predicted octanol–water partition coefficient (Wildman–Crippen LogP) is 3.64. The minimum Gasteiger partial charge on any atom is -0.365 e. The number of amides is 1. The zero-order valence-corrected chi connectivity index (χ0v) is 17.4. The standard InChI is InChI=1S/C18H14F6N6O3S/c19-17(20,21)8-34(32,33)30-11-4-1-9(2-5-11)14-13(15(25)31)16(29-28-14)27-12-6-3-10(7-26-12)18(22,23)24/h1-7,30H,8H2,(H2,25,31)(H2,26,27,28,29). The molecule has 9 nitrogen and oxygen atoms in total. The van der Waals surface area contributed by atoms with Crippen molar-refractivity contribution in [3.8, 4) is 11.3 Å². The summed E-state index contributed by atoms with van der Waals surface area (Å²) in [6, 6.07) is 6.63. The molecule has 182 valence electrons. The summed E-state index contributed by atoms with van der Waals surface area (Å²) in [7, 11) is -4.69. The Bertz CT molecular complexity index is 1290. The summed E-state index contributed by atoms with van der Waals surface area (Å²) in [4.78, 5) is 15.6. The predicted molar refractivity (Wildman–Crippen MR) is 109 cm³/mol. The minimum atomic E-state index is -4.93. The number of pyridine rings is 1. The largest absolute Gasteiger partial charge is 0.417 e. The summed E-state index contributed by atoms with van der Waals surface area (Å²) in [5, 5.41) is 8.99. The van der Waals surface area contributed by atoms with E-state index in [4.69, 9.17) is 5.73 Å². The number of primary amides is 1. The number of H-pyrrole nitrogens is 1. The Morgan fingerprint density at radius 2 is 1.68 bits per heavy atom. The highest BCUT2D eigenvalue weighted by Gasteiger charge is 2.35. The Morgan fingerprint density at radius 3 is 2.18 bits per heavy atom. The number of aromatic nitrogens is 3. The Balaban J connectivity index is 1.84. The van der Waals surface area contributed by atoms with Crippen LogP contribution in [0.15, 0.2) is 42.6 Å². The van der Waals surface area contributed by atoms with Crippen LogP contribution in [0.5, 0.6) is 0 Å². The second-order valence-corrected chi connectivity index (χ2v) is 8.52. The zero-order chi connectivity index (χ0) is 25.3. The van der Waals surface area contributed by atoms with Gasteiger partial charge in [0.15, 0.2) is 5.75 Å². The normalized spacial score (nSPS) is 12.4. The highest BCUT2D eigenvalue weighted by atomic mass is 32.2. The molecule has 3 aromatic rings. The molecule has 0 aliphatic heterocycles. The molecule has 0 spiro atoms. The first-order valence-electron chi connectivity index (χ1n) is 9.01. The van der Waals surface area contributed by atoms with Gasteiger partial charge in [0.2, 0.25) is 10.0 Å². The Labute approximate surface area is 187 Å². The van der Waals surface area contributed by atoms with Gasteiger partial charge in [0.05, 0.1) is 5.56 Å². The molecular weight excluding hydrogens is 494 g/mol. The second kappa shape index (κ2) is 8.85. The number of nitrogens with one attached hydrogen (secondary N) is 3. The molecule has 2 heterocycles. The molecule has 0 saturated carbocycles. The van der Waals surface area contributed by atoms with Crippen LogP contribution < -0.4 is 15.8 Å². The fourth-order valence-corrected chi connectivity index (χ4v) is 3.77. The summed E-state index contributed by atoms with van der Waals surface area (Å²) in [5.41, 5.74) is 4.28. The highest BCUT2D eigenvalue weighted by molar-refractivity contribution is 7.92. The Kier molecular flexibility index (Phi) is 6.46. The summed E-state index contributed by atoms with van der Waals surface area (Å²) in [6.07, 6.45) is -8.93. The van der Waals surface area contributed by atoms with E-state index in [0.717, 1.165) is 24.3 Å². The summed E-state index contributed by atoms with van der Waals surface area (Å²) in [5.74, 6) is -3.17. The van der Waals surface area contributed by atoms with Crippen LogP contribution in [0.3, 0.4) is 0 Å². The van der Waals surface area contributed by atoms with Crippen molar-refractivity contribution in [3.05, 3.63) is 53.7 Å². The number of carbonyl (C=O) groups excluding carboxylic acids is 1. The number of carbonyl (C=O) groups is 1. The van der Waals surface area contributed by atoms with E-state index in [1.165, 1.54) is 12.1 Å². The number of hydrogen-bond acceptors (Lipinski definition) is 6. The fourth-order valence-electron chi connectivity index (χ4n) is 2.77. The first-order valence-corrected chi connectivity index (χ1v) is 10.7. The van der Waals surface area contributed by atoms with Gasteiger partial charge in [-0.15, -0.1) is 0 Å². The monoisotopic (exact) mass is 508 g/mol. The number of nitrogens with zero attached hydrogens (tertiary/aromatic N) is 2. The molecule has 0 aliphatic carbocycles. The van der Waals surface area contributed by atoms with Crippen LogP contribution in [0.25, 0.3) is 11.3 Å². The molecular formula is C18H14F6N6O3S. The zero-order valence-electron chi connectivity index (χ0n) is 16.6. The van der Waals surface area contributed by atoms with E-state index in [2.05, 4.69) is 20.5 Å². The quantitative estimate of drug-likeness (QED) is 0.359. The van der Waals surface area contributed by atoms with E-state index in [-0.39, 0.29) is 34.1 Å². The maximum Gasteiger partial charge on any atom is 0.417 e. The SMILES string of the molecule is NC(=O)c1c(-c2ccc(NS(=O)(=O)CC(F)(F)F)cc2)n[nH]c1Nc1ccc(C(F)(F)F)cn1. The lowest BCUT2D eigenvalue weighted by Gasteiger charge is -2.10. The number of benzene rings is 1. The van der Waals surface area contributed by atoms with E-state index in [0.29, 0.717) is 6.20 Å². The number of hydrogen-bond donors (Lipinski definition) is 4. The Morgan fingerprint density at radius 1 is 1.03 bits per heavy atom.